The molecule has 0 radical (unpaired) electrons. The van der Waals surface area contributed by atoms with E-state index >= 15 is 0 Å². The molecule has 0 amide bonds. The topological polar surface area (TPSA) is 33.1 Å². The fourth-order valence-corrected chi connectivity index (χ4v) is 0.822. The van der Waals surface area contributed by atoms with Gasteiger partial charge in [-0.1, -0.05) is 0 Å². The number of aliphatic hydroxyl groups is 1. The Labute approximate surface area is 68.6 Å². The van der Waals surface area contributed by atoms with Crippen molar-refractivity contribution in [2.24, 2.45) is 0 Å². The highest BCUT2D eigenvalue weighted by molar-refractivity contribution is 6.18. The van der Waals surface area contributed by atoms with E-state index in [4.69, 9.17) is 16.7 Å². The number of aromatic nitrogens is 1. The van der Waals surface area contributed by atoms with Crippen molar-refractivity contribution in [2.75, 3.05) is 5.88 Å². The summed E-state index contributed by atoms with van der Waals surface area (Å²) < 4.78 is 12.3. The predicted octanol–water partition coefficient (Wildman–Crippen LogP) is 1.49. The molecule has 1 aromatic rings. The molecule has 1 N–H and O–H groups in total. The molecule has 2 nitrogen and oxygen atoms in total. The van der Waals surface area contributed by atoms with Crippen LogP contribution < -0.4 is 0 Å². The van der Waals surface area contributed by atoms with Gasteiger partial charge in [-0.15, -0.1) is 11.6 Å². The Bertz CT molecular complexity index is 226. The average molecular weight is 176 g/mol. The summed E-state index contributed by atoms with van der Waals surface area (Å²) in [5.74, 6) is -0.353. The summed E-state index contributed by atoms with van der Waals surface area (Å²) in [5, 5.41) is 9.10. The fraction of sp³-hybridized carbons (Fsp3) is 0.286. The van der Waals surface area contributed by atoms with Gasteiger partial charge in [0, 0.05) is 0 Å². The van der Waals surface area contributed by atoms with Gasteiger partial charge in [-0.05, 0) is 12.1 Å². The number of alkyl halides is 1. The third-order valence-corrected chi connectivity index (χ3v) is 1.53. The highest BCUT2D eigenvalue weighted by Gasteiger charge is 2.05. The first-order valence-corrected chi connectivity index (χ1v) is 3.63. The van der Waals surface area contributed by atoms with E-state index in [2.05, 4.69) is 4.98 Å². The van der Waals surface area contributed by atoms with Crippen molar-refractivity contribution in [1.82, 2.24) is 4.98 Å². The second-order valence-corrected chi connectivity index (χ2v) is 2.38. The van der Waals surface area contributed by atoms with Crippen LogP contribution in [0.5, 0.6) is 0 Å². The molecule has 0 bridgehead atoms. The van der Waals surface area contributed by atoms with Crippen LogP contribution in [0.25, 0.3) is 0 Å². The van der Waals surface area contributed by atoms with Crippen LogP contribution in [0.15, 0.2) is 18.3 Å². The fourth-order valence-electron chi connectivity index (χ4n) is 0.663. The van der Waals surface area contributed by atoms with Gasteiger partial charge >= 0.3 is 0 Å². The molecule has 0 spiro atoms. The number of halogens is 2. The van der Waals surface area contributed by atoms with Crippen molar-refractivity contribution < 1.29 is 9.50 Å². The highest BCUT2D eigenvalue weighted by Crippen LogP contribution is 2.10. The molecule has 0 aromatic carbocycles. The molecule has 0 aliphatic heterocycles. The van der Waals surface area contributed by atoms with Crippen molar-refractivity contribution in [1.29, 1.82) is 0 Å². The van der Waals surface area contributed by atoms with Gasteiger partial charge in [0.05, 0.1) is 17.8 Å². The molecule has 0 saturated heterocycles. The zero-order chi connectivity index (χ0) is 8.27. The number of pyridine rings is 1. The largest absolute Gasteiger partial charge is 0.386 e. The van der Waals surface area contributed by atoms with E-state index in [-0.39, 0.29) is 5.88 Å². The molecule has 1 atom stereocenters. The van der Waals surface area contributed by atoms with Crippen LogP contribution in [0.2, 0.25) is 0 Å². The van der Waals surface area contributed by atoms with Crippen molar-refractivity contribution in [3.05, 3.63) is 29.8 Å². The molecule has 0 unspecified atom stereocenters. The summed E-state index contributed by atoms with van der Waals surface area (Å²) in [6, 6.07) is 2.64. The van der Waals surface area contributed by atoms with E-state index in [1.54, 1.807) is 0 Å². The maximum atomic E-state index is 12.3. The number of nitrogens with zero attached hydrogens (tertiary/aromatic N) is 1. The SMILES string of the molecule is O[C@@H](CCl)c1ccc(F)cn1. The van der Waals surface area contributed by atoms with E-state index in [0.717, 1.165) is 6.20 Å². The summed E-state index contributed by atoms with van der Waals surface area (Å²) in [6.07, 6.45) is 0.239. The average Bonchev–Trinajstić information content (AvgIpc) is 2.05. The molecular formula is C7H7ClFNO. The Morgan fingerprint density at radius 3 is 2.82 bits per heavy atom. The van der Waals surface area contributed by atoms with Crippen LogP contribution in [-0.4, -0.2) is 16.0 Å². The van der Waals surface area contributed by atoms with Gasteiger partial charge in [0.15, 0.2) is 0 Å². The normalized spacial score (nSPS) is 13.0. The van der Waals surface area contributed by atoms with Crippen LogP contribution in [0.3, 0.4) is 0 Å². The van der Waals surface area contributed by atoms with Crippen molar-refractivity contribution in [3.8, 4) is 0 Å². The quantitative estimate of drug-likeness (QED) is 0.691. The zero-order valence-electron chi connectivity index (χ0n) is 5.67. The van der Waals surface area contributed by atoms with Crippen LogP contribution >= 0.6 is 11.6 Å². The summed E-state index contributed by atoms with van der Waals surface area (Å²) in [6.45, 7) is 0. The van der Waals surface area contributed by atoms with E-state index < -0.39 is 11.9 Å². The van der Waals surface area contributed by atoms with Gasteiger partial charge in [0.2, 0.25) is 0 Å². The maximum Gasteiger partial charge on any atom is 0.141 e. The Kier molecular flexibility index (Phi) is 2.79. The lowest BCUT2D eigenvalue weighted by Gasteiger charge is -2.03. The Hall–Kier alpha value is -0.670. The Balaban J connectivity index is 2.81. The van der Waals surface area contributed by atoms with Crippen LogP contribution in [0.1, 0.15) is 11.8 Å². The first kappa shape index (κ1) is 8.43. The first-order chi connectivity index (χ1) is 5.24. The molecular weight excluding hydrogens is 169 g/mol. The smallest absolute Gasteiger partial charge is 0.141 e. The van der Waals surface area contributed by atoms with Crippen molar-refractivity contribution in [3.63, 3.8) is 0 Å². The molecule has 0 aliphatic rings. The van der Waals surface area contributed by atoms with E-state index in [1.807, 2.05) is 0 Å². The summed E-state index contributed by atoms with van der Waals surface area (Å²) in [7, 11) is 0. The molecule has 60 valence electrons. The summed E-state index contributed by atoms with van der Waals surface area (Å²) >= 11 is 5.34. The standard InChI is InChI=1S/C7H7ClFNO/c8-3-7(11)6-2-1-5(9)4-10-6/h1-2,4,7,11H,3H2/t7-/m0/s1. The van der Waals surface area contributed by atoms with Gasteiger partial charge in [-0.25, -0.2) is 4.39 Å². The van der Waals surface area contributed by atoms with Crippen LogP contribution in [-0.2, 0) is 0 Å². The van der Waals surface area contributed by atoms with Gasteiger partial charge in [-0.2, -0.15) is 0 Å². The van der Waals surface area contributed by atoms with Crippen molar-refractivity contribution >= 4 is 11.6 Å². The predicted molar refractivity (Wildman–Crippen MR) is 39.9 cm³/mol. The van der Waals surface area contributed by atoms with Crippen LogP contribution in [0, 0.1) is 5.82 Å². The second-order valence-electron chi connectivity index (χ2n) is 2.07. The maximum absolute atomic E-state index is 12.3. The summed E-state index contributed by atoms with van der Waals surface area (Å²) in [5.41, 5.74) is 0.390. The number of hydrogen-bond donors (Lipinski definition) is 1. The zero-order valence-corrected chi connectivity index (χ0v) is 6.42. The molecule has 1 heterocycles. The lowest BCUT2D eigenvalue weighted by molar-refractivity contribution is 0.197. The van der Waals surface area contributed by atoms with Gasteiger partial charge < -0.3 is 5.11 Å². The minimum atomic E-state index is -0.808. The monoisotopic (exact) mass is 175 g/mol. The van der Waals surface area contributed by atoms with Crippen LogP contribution in [0.4, 0.5) is 4.39 Å². The molecule has 1 rings (SSSR count). The van der Waals surface area contributed by atoms with E-state index in [0.29, 0.717) is 5.69 Å². The number of hydrogen-bond acceptors (Lipinski definition) is 2. The minimum Gasteiger partial charge on any atom is -0.386 e. The summed E-state index contributed by atoms with van der Waals surface area (Å²) in [4.78, 5) is 3.64. The lowest BCUT2D eigenvalue weighted by atomic mass is 10.2. The highest BCUT2D eigenvalue weighted by atomic mass is 35.5. The lowest BCUT2D eigenvalue weighted by Crippen LogP contribution is -2.01. The Morgan fingerprint density at radius 2 is 2.36 bits per heavy atom. The number of rotatable bonds is 2. The van der Waals surface area contributed by atoms with Gasteiger partial charge in [0.1, 0.15) is 11.9 Å². The van der Waals surface area contributed by atoms with E-state index in [1.165, 1.54) is 12.1 Å². The van der Waals surface area contributed by atoms with Gasteiger partial charge in [0.25, 0.3) is 0 Å². The second kappa shape index (κ2) is 3.64. The molecule has 1 aromatic heterocycles. The molecule has 0 fully saturated rings. The first-order valence-electron chi connectivity index (χ1n) is 3.09. The van der Waals surface area contributed by atoms with E-state index in [9.17, 15) is 4.39 Å². The van der Waals surface area contributed by atoms with Crippen molar-refractivity contribution in [2.45, 2.75) is 6.10 Å². The van der Waals surface area contributed by atoms with Gasteiger partial charge in [-0.3, -0.25) is 4.98 Å². The molecule has 0 saturated carbocycles. The third-order valence-electron chi connectivity index (χ3n) is 1.24. The number of aliphatic hydroxyl groups excluding tert-OH is 1. The molecule has 4 heteroatoms. The molecule has 0 aliphatic carbocycles. The minimum absolute atomic E-state index is 0.0681. The third kappa shape index (κ3) is 2.13. The Morgan fingerprint density at radius 1 is 1.64 bits per heavy atom. The molecule has 11 heavy (non-hydrogen) atoms.